The Hall–Kier alpha value is -1.83. The topological polar surface area (TPSA) is 116 Å². The lowest BCUT2D eigenvalue weighted by Crippen LogP contribution is -2.38. The molecule has 0 aliphatic carbocycles. The van der Waals surface area contributed by atoms with Crippen LogP contribution in [0.2, 0.25) is 0 Å². The van der Waals surface area contributed by atoms with Crippen molar-refractivity contribution in [1.29, 1.82) is 0 Å². The van der Waals surface area contributed by atoms with Crippen molar-refractivity contribution < 1.29 is 42.8 Å². The summed E-state index contributed by atoms with van der Waals surface area (Å²) in [5.41, 5.74) is -0.888. The fourth-order valence-corrected chi connectivity index (χ4v) is 4.25. The summed E-state index contributed by atoms with van der Waals surface area (Å²) in [5, 5.41) is 0. The molecule has 0 aromatic heterocycles. The van der Waals surface area contributed by atoms with Crippen LogP contribution in [-0.4, -0.2) is 151 Å². The van der Waals surface area contributed by atoms with Gasteiger partial charge in [-0.05, 0) is 88.9 Å². The molecule has 12 nitrogen and oxygen atoms in total. The molecule has 0 atom stereocenters. The highest BCUT2D eigenvalue weighted by Crippen LogP contribution is 2.20. The highest BCUT2D eigenvalue weighted by molar-refractivity contribution is 5.70. The Balaban J connectivity index is 4.86. The largest absolute Gasteiger partial charge is 0.465 e. The second-order valence-corrected chi connectivity index (χ2v) is 13.8. The smallest absolute Gasteiger partial charge is 0.307 e. The molecule has 0 aromatic rings. The van der Waals surface area contributed by atoms with Gasteiger partial charge in [0.05, 0.1) is 43.0 Å². The number of esters is 3. The first kappa shape index (κ1) is 45.2. The Morgan fingerprint density at radius 1 is 0.489 bits per heavy atom. The van der Waals surface area contributed by atoms with E-state index in [1.54, 1.807) is 6.92 Å². The van der Waals surface area contributed by atoms with Gasteiger partial charge in [0.1, 0.15) is 19.8 Å². The summed E-state index contributed by atoms with van der Waals surface area (Å²) in [6.07, 6.45) is 3.90. The Labute approximate surface area is 286 Å². The van der Waals surface area contributed by atoms with E-state index in [0.29, 0.717) is 39.5 Å². The first-order valence-electron chi connectivity index (χ1n) is 17.5. The minimum absolute atomic E-state index is 0.0379. The normalized spacial score (nSPS) is 12.3. The fraction of sp³-hybridized carbons (Fsp3) is 0.914. The third-order valence-corrected chi connectivity index (χ3v) is 7.24. The number of ether oxygens (including phenoxy) is 6. The lowest BCUT2D eigenvalue weighted by atomic mass is 9.94. The van der Waals surface area contributed by atoms with Crippen LogP contribution in [0, 0.1) is 5.41 Å². The standard InChI is InChI=1S/C35H69N3O9/c1-29(2)42-23-11-17-36(8)20-14-32(39)45-26-35(7,27-46-33(40)15-21-37(9)18-12-24-43-30(3)4)28-47-34(41)16-22-38(10)19-13-25-44-31(5)6/h29-31H,11-28H2,1-10H3. The molecule has 0 rings (SSSR count). The minimum atomic E-state index is -0.888. The van der Waals surface area contributed by atoms with E-state index in [1.165, 1.54) is 0 Å². The summed E-state index contributed by atoms with van der Waals surface area (Å²) >= 11 is 0. The van der Waals surface area contributed by atoms with Gasteiger partial charge in [-0.3, -0.25) is 14.4 Å². The van der Waals surface area contributed by atoms with E-state index in [2.05, 4.69) is 14.7 Å². The van der Waals surface area contributed by atoms with Crippen molar-refractivity contribution in [2.75, 3.05) is 100 Å². The monoisotopic (exact) mass is 676 g/mol. The van der Waals surface area contributed by atoms with Gasteiger partial charge in [-0.25, -0.2) is 0 Å². The molecule has 47 heavy (non-hydrogen) atoms. The highest BCUT2D eigenvalue weighted by atomic mass is 16.6. The zero-order valence-corrected chi connectivity index (χ0v) is 31.5. The maximum absolute atomic E-state index is 12.6. The van der Waals surface area contributed by atoms with E-state index in [-0.39, 0.29) is 75.3 Å². The number of carbonyl (C=O) groups excluding carboxylic acids is 3. The van der Waals surface area contributed by atoms with Crippen molar-refractivity contribution in [1.82, 2.24) is 14.7 Å². The first-order valence-corrected chi connectivity index (χ1v) is 17.5. The summed E-state index contributed by atoms with van der Waals surface area (Å²) in [6.45, 7) is 19.8. The predicted molar refractivity (Wildman–Crippen MR) is 184 cm³/mol. The van der Waals surface area contributed by atoms with Gasteiger partial charge < -0.3 is 43.1 Å². The third-order valence-electron chi connectivity index (χ3n) is 7.24. The van der Waals surface area contributed by atoms with Gasteiger partial charge in [0.2, 0.25) is 0 Å². The Morgan fingerprint density at radius 3 is 0.979 bits per heavy atom. The lowest BCUT2D eigenvalue weighted by molar-refractivity contribution is -0.161. The second-order valence-electron chi connectivity index (χ2n) is 13.8. The van der Waals surface area contributed by atoms with Crippen molar-refractivity contribution in [2.45, 2.75) is 105 Å². The zero-order valence-electron chi connectivity index (χ0n) is 31.5. The molecular formula is C35H69N3O9. The first-order chi connectivity index (χ1) is 22.1. The van der Waals surface area contributed by atoms with Gasteiger partial charge in [-0.1, -0.05) is 0 Å². The SMILES string of the molecule is CC(C)OCCCN(C)CCC(=O)OCC(C)(COC(=O)CCN(C)CCCOC(C)C)COC(=O)CCN(C)CCCOC(C)C. The van der Waals surface area contributed by atoms with E-state index in [4.69, 9.17) is 28.4 Å². The molecule has 0 unspecified atom stereocenters. The van der Waals surface area contributed by atoms with Crippen LogP contribution in [0.5, 0.6) is 0 Å². The van der Waals surface area contributed by atoms with Crippen LogP contribution < -0.4 is 0 Å². The molecule has 0 saturated carbocycles. The summed E-state index contributed by atoms with van der Waals surface area (Å²) in [6, 6.07) is 0. The molecule has 0 amide bonds. The summed E-state index contributed by atoms with van der Waals surface area (Å²) < 4.78 is 33.5. The highest BCUT2D eigenvalue weighted by Gasteiger charge is 2.31. The van der Waals surface area contributed by atoms with Gasteiger partial charge in [0.15, 0.2) is 0 Å². The molecule has 0 saturated heterocycles. The molecule has 0 aromatic carbocycles. The molecule has 0 fully saturated rings. The summed E-state index contributed by atoms with van der Waals surface area (Å²) in [7, 11) is 5.87. The number of nitrogens with zero attached hydrogens (tertiary/aromatic N) is 3. The maximum atomic E-state index is 12.6. The van der Waals surface area contributed by atoms with Crippen molar-refractivity contribution in [2.24, 2.45) is 5.41 Å². The average Bonchev–Trinajstić information content (AvgIpc) is 3.01. The van der Waals surface area contributed by atoms with Crippen LogP contribution in [0.3, 0.4) is 0 Å². The summed E-state index contributed by atoms with van der Waals surface area (Å²) in [5.74, 6) is -1.07. The van der Waals surface area contributed by atoms with E-state index in [1.807, 2.05) is 62.7 Å². The average molecular weight is 676 g/mol. The quantitative estimate of drug-likeness (QED) is 0.0622. The molecule has 0 spiro atoms. The van der Waals surface area contributed by atoms with E-state index >= 15 is 0 Å². The third kappa shape index (κ3) is 28.9. The van der Waals surface area contributed by atoms with E-state index in [0.717, 1.165) is 38.9 Å². The van der Waals surface area contributed by atoms with Crippen LogP contribution in [-0.2, 0) is 42.8 Å². The maximum Gasteiger partial charge on any atom is 0.307 e. The number of hydrogen-bond donors (Lipinski definition) is 0. The van der Waals surface area contributed by atoms with Crippen LogP contribution in [0.25, 0.3) is 0 Å². The van der Waals surface area contributed by atoms with Crippen LogP contribution in [0.1, 0.15) is 87.0 Å². The van der Waals surface area contributed by atoms with E-state index < -0.39 is 5.41 Å². The molecule has 0 heterocycles. The fourth-order valence-electron chi connectivity index (χ4n) is 4.25. The molecule has 12 heteroatoms. The minimum Gasteiger partial charge on any atom is -0.465 e. The molecular weight excluding hydrogens is 606 g/mol. The number of hydrogen-bond acceptors (Lipinski definition) is 12. The van der Waals surface area contributed by atoms with Crippen molar-refractivity contribution >= 4 is 17.9 Å². The van der Waals surface area contributed by atoms with Crippen LogP contribution in [0.4, 0.5) is 0 Å². The Morgan fingerprint density at radius 2 is 0.745 bits per heavy atom. The molecule has 0 bridgehead atoms. The predicted octanol–water partition coefficient (Wildman–Crippen LogP) is 4.03. The zero-order chi connectivity index (χ0) is 35.7. The van der Waals surface area contributed by atoms with Gasteiger partial charge in [0, 0.05) is 59.1 Å². The van der Waals surface area contributed by atoms with Crippen molar-refractivity contribution in [3.8, 4) is 0 Å². The van der Waals surface area contributed by atoms with Crippen LogP contribution >= 0.6 is 0 Å². The Kier molecular flexibility index (Phi) is 26.0. The number of rotatable bonds is 30. The number of carbonyl (C=O) groups is 3. The summed E-state index contributed by atoms with van der Waals surface area (Å²) in [4.78, 5) is 44.0. The molecule has 0 radical (unpaired) electrons. The molecule has 0 aliphatic heterocycles. The van der Waals surface area contributed by atoms with Gasteiger partial charge in [0.25, 0.3) is 0 Å². The second kappa shape index (κ2) is 27.0. The van der Waals surface area contributed by atoms with Crippen molar-refractivity contribution in [3.05, 3.63) is 0 Å². The van der Waals surface area contributed by atoms with Gasteiger partial charge in [-0.15, -0.1) is 0 Å². The lowest BCUT2D eigenvalue weighted by Gasteiger charge is -2.28. The van der Waals surface area contributed by atoms with Gasteiger partial charge in [-0.2, -0.15) is 0 Å². The van der Waals surface area contributed by atoms with Crippen molar-refractivity contribution in [3.63, 3.8) is 0 Å². The van der Waals surface area contributed by atoms with Crippen LogP contribution in [0.15, 0.2) is 0 Å². The van der Waals surface area contributed by atoms with E-state index in [9.17, 15) is 14.4 Å². The molecule has 278 valence electrons. The molecule has 0 N–H and O–H groups in total. The van der Waals surface area contributed by atoms with Gasteiger partial charge >= 0.3 is 17.9 Å². The molecule has 0 aliphatic rings. The Bertz CT molecular complexity index is 724.